The van der Waals surface area contributed by atoms with Gasteiger partial charge in [-0.15, -0.1) is 0 Å². The number of carbonyl (C=O) groups is 3. The van der Waals surface area contributed by atoms with Gasteiger partial charge in [0.25, 0.3) is 0 Å². The average Bonchev–Trinajstić information content (AvgIpc) is 1.57. The number of quaternary nitrogens is 1. The van der Waals surface area contributed by atoms with Crippen LogP contribution in [0.1, 0.15) is 284 Å². The fraction of sp³-hybridized carbons (Fsp3) is 0.589. The van der Waals surface area contributed by atoms with E-state index in [0.29, 0.717) is 17.4 Å². The Morgan fingerprint density at radius 2 is 0.545 bits per heavy atom. The zero-order valence-corrected chi connectivity index (χ0v) is 63.5. The van der Waals surface area contributed by atoms with Crippen LogP contribution >= 0.6 is 0 Å². The molecular formula is C90H143NO8. The van der Waals surface area contributed by atoms with Crippen molar-refractivity contribution < 1.29 is 42.9 Å². The molecule has 0 aliphatic carbocycles. The van der Waals surface area contributed by atoms with Crippen LogP contribution < -0.4 is 5.11 Å². The maximum atomic E-state index is 13.0. The molecule has 0 saturated carbocycles. The zero-order valence-electron chi connectivity index (χ0n) is 63.5. The smallest absolute Gasteiger partial charge is 0.306 e. The number of carbonyl (C=O) groups excluding carboxylic acids is 3. The van der Waals surface area contributed by atoms with Gasteiger partial charge in [-0.1, -0.05) is 330 Å². The number of hydrogen-bond donors (Lipinski definition) is 0. The number of likely N-dealkylation sites (N-methyl/N-ethyl adjacent to an activating group) is 1. The third kappa shape index (κ3) is 79.1. The predicted octanol–water partition coefficient (Wildman–Crippen LogP) is 24.1. The summed E-state index contributed by atoms with van der Waals surface area (Å²) in [7, 11) is 5.92. The van der Waals surface area contributed by atoms with Crippen LogP contribution in [-0.2, 0) is 33.3 Å². The van der Waals surface area contributed by atoms with Crippen LogP contribution in [0.2, 0.25) is 0 Å². The topological polar surface area (TPSA) is 111 Å². The zero-order chi connectivity index (χ0) is 71.8. The van der Waals surface area contributed by atoms with Crippen LogP contribution in [-0.4, -0.2) is 82.3 Å². The Hall–Kier alpha value is -6.13. The van der Waals surface area contributed by atoms with Crippen molar-refractivity contribution in [3.05, 3.63) is 207 Å². The molecule has 0 bridgehead atoms. The molecule has 0 fully saturated rings. The standard InChI is InChI=1S/C90H143NO8/c1-6-8-10-12-14-16-18-20-22-24-26-28-30-32-34-36-38-40-41-42-43-44-45-46-47-49-50-52-54-56-58-60-62-64-66-68-70-72-74-76-78-80-87(92)97-84-86(85-98-90(89(94)95)96-83-82-91(3,4)5)99-88(93)81-79-77-75-73-71-69-67-65-63-61-59-57-55-53-51-48-39-37-35-33-31-29-27-25-23-21-19-17-15-13-11-9-7-2/h8-11,14-17,20-23,26-29,32-35,38-40,42-43,45-46,48,53,55,59,61,65,67,86,90H,6-7,12-13,18-19,24-25,30-31,36-37,41,44,47,49-52,54,56-58,60,62-64,66,68-85H2,1-5H3/b10-8-,11-9-,16-14-,17-15-,22-20-,23-21-,28-26-,29-27-,34-32-,35-33-,40-38-,43-42-,46-45-,48-39-,55-53-,61-59-,67-65-. The fourth-order valence-electron chi connectivity index (χ4n) is 10.1. The molecular weight excluding hydrogens is 1220 g/mol. The Kier molecular flexibility index (Phi) is 72.8. The summed E-state index contributed by atoms with van der Waals surface area (Å²) in [5.74, 6) is -2.32. The Bertz CT molecular complexity index is 2390. The lowest BCUT2D eigenvalue weighted by Gasteiger charge is -2.26. The highest BCUT2D eigenvalue weighted by molar-refractivity contribution is 5.70. The van der Waals surface area contributed by atoms with Gasteiger partial charge < -0.3 is 33.3 Å². The van der Waals surface area contributed by atoms with Crippen LogP contribution in [0.25, 0.3) is 0 Å². The summed E-state index contributed by atoms with van der Waals surface area (Å²) in [6, 6.07) is 0. The minimum Gasteiger partial charge on any atom is -0.545 e. The molecule has 0 aromatic rings. The first-order valence-corrected chi connectivity index (χ1v) is 39.2. The van der Waals surface area contributed by atoms with E-state index in [-0.39, 0.29) is 38.6 Å². The lowest BCUT2D eigenvalue weighted by molar-refractivity contribution is -0.870. The molecule has 0 aliphatic heterocycles. The van der Waals surface area contributed by atoms with Gasteiger partial charge >= 0.3 is 11.9 Å². The third-order valence-electron chi connectivity index (χ3n) is 16.0. The Morgan fingerprint density at radius 1 is 0.303 bits per heavy atom. The second-order valence-electron chi connectivity index (χ2n) is 26.5. The molecule has 9 heteroatoms. The van der Waals surface area contributed by atoms with Gasteiger partial charge in [0.05, 0.1) is 40.3 Å². The van der Waals surface area contributed by atoms with Gasteiger partial charge in [0.2, 0.25) is 0 Å². The van der Waals surface area contributed by atoms with Crippen molar-refractivity contribution in [2.75, 3.05) is 47.5 Å². The van der Waals surface area contributed by atoms with E-state index in [1.807, 2.05) is 21.1 Å². The molecule has 9 nitrogen and oxygen atoms in total. The van der Waals surface area contributed by atoms with Crippen LogP contribution in [0.15, 0.2) is 207 Å². The van der Waals surface area contributed by atoms with Crippen molar-refractivity contribution in [3.63, 3.8) is 0 Å². The van der Waals surface area contributed by atoms with Gasteiger partial charge in [-0.2, -0.15) is 0 Å². The fourth-order valence-corrected chi connectivity index (χ4v) is 10.1. The van der Waals surface area contributed by atoms with Crippen molar-refractivity contribution in [1.82, 2.24) is 0 Å². The molecule has 0 aliphatic rings. The van der Waals surface area contributed by atoms with Gasteiger partial charge in [0.15, 0.2) is 12.4 Å². The normalized spacial score (nSPS) is 13.8. The predicted molar refractivity (Wildman–Crippen MR) is 425 cm³/mol. The molecule has 2 atom stereocenters. The first-order chi connectivity index (χ1) is 48.6. The lowest BCUT2D eigenvalue weighted by atomic mass is 10.0. The Balaban J connectivity index is 4.14. The maximum Gasteiger partial charge on any atom is 0.306 e. The van der Waals surface area contributed by atoms with Crippen LogP contribution in [0.4, 0.5) is 0 Å². The first kappa shape index (κ1) is 92.9. The van der Waals surface area contributed by atoms with Gasteiger partial charge in [0.1, 0.15) is 13.2 Å². The van der Waals surface area contributed by atoms with E-state index in [0.717, 1.165) is 161 Å². The number of carboxylic acids is 1. The molecule has 556 valence electrons. The molecule has 0 heterocycles. The van der Waals surface area contributed by atoms with Crippen LogP contribution in [0.3, 0.4) is 0 Å². The van der Waals surface area contributed by atoms with E-state index in [1.54, 1.807) is 0 Å². The maximum absolute atomic E-state index is 13.0. The van der Waals surface area contributed by atoms with Crippen molar-refractivity contribution in [3.8, 4) is 0 Å². The Labute approximate surface area is 607 Å². The van der Waals surface area contributed by atoms with Crippen molar-refractivity contribution in [1.29, 1.82) is 0 Å². The number of nitrogens with zero attached hydrogens (tertiary/aromatic N) is 1. The molecule has 0 radical (unpaired) electrons. The quantitative estimate of drug-likeness (QED) is 0.0195. The average molecular weight is 1370 g/mol. The summed E-state index contributed by atoms with van der Waals surface area (Å²) in [4.78, 5) is 37.6. The highest BCUT2D eigenvalue weighted by Crippen LogP contribution is 2.16. The van der Waals surface area contributed by atoms with Gasteiger partial charge in [-0.25, -0.2) is 0 Å². The molecule has 0 aromatic carbocycles. The van der Waals surface area contributed by atoms with Gasteiger partial charge in [-0.05, 0) is 148 Å². The monoisotopic (exact) mass is 1370 g/mol. The number of hydrogen-bond acceptors (Lipinski definition) is 8. The third-order valence-corrected chi connectivity index (χ3v) is 16.0. The molecule has 0 N–H and O–H groups in total. The van der Waals surface area contributed by atoms with Crippen LogP contribution in [0.5, 0.6) is 0 Å². The first-order valence-electron chi connectivity index (χ1n) is 39.2. The minimum atomic E-state index is -1.64. The SMILES string of the molecule is CC/C=C\C/C=C\C/C=C\C/C=C\C/C=C\C/C=C\C/C=C\C/C=C\C/C=C\CCCCCCCC(=O)OC(COC(=O)CCCCCCCCCCCCCCCCCC/C=C\C/C=C\C/C=C\C/C=C\C/C=C\C/C=C\C/C=C\C/C=C\CC)COC(OCC[N+](C)(C)C)C(=O)[O-]. The molecule has 0 saturated heterocycles. The number of carboxylic acid groups (broad SMARTS) is 1. The van der Waals surface area contributed by atoms with E-state index < -0.39 is 24.3 Å². The number of allylic oxidation sites excluding steroid dienone is 34. The molecule has 0 rings (SSSR count). The van der Waals surface area contributed by atoms with E-state index in [2.05, 4.69) is 220 Å². The summed E-state index contributed by atoms with van der Waals surface area (Å²) in [5.41, 5.74) is 0. The van der Waals surface area contributed by atoms with Crippen LogP contribution in [0, 0.1) is 0 Å². The summed E-state index contributed by atoms with van der Waals surface area (Å²) in [6.07, 6.45) is 118. The van der Waals surface area contributed by atoms with Crippen molar-refractivity contribution in [2.45, 2.75) is 296 Å². The van der Waals surface area contributed by atoms with E-state index >= 15 is 0 Å². The number of aliphatic carboxylic acids is 1. The summed E-state index contributed by atoms with van der Waals surface area (Å²) in [6.45, 7) is 4.48. The summed E-state index contributed by atoms with van der Waals surface area (Å²) in [5, 5.41) is 11.9. The largest absolute Gasteiger partial charge is 0.545 e. The van der Waals surface area contributed by atoms with Crippen molar-refractivity contribution in [2.24, 2.45) is 0 Å². The number of unbranched alkanes of at least 4 members (excludes halogenated alkanes) is 21. The highest BCUT2D eigenvalue weighted by Gasteiger charge is 2.22. The number of rotatable bonds is 70. The second-order valence-corrected chi connectivity index (χ2v) is 26.5. The number of ether oxygens (including phenoxy) is 4. The van der Waals surface area contributed by atoms with E-state index in [1.165, 1.54) is 89.9 Å². The summed E-state index contributed by atoms with van der Waals surface area (Å²) < 4.78 is 22.8. The molecule has 0 amide bonds. The molecule has 2 unspecified atom stereocenters. The highest BCUT2D eigenvalue weighted by atomic mass is 16.7. The van der Waals surface area contributed by atoms with E-state index in [9.17, 15) is 19.5 Å². The molecule has 99 heavy (non-hydrogen) atoms. The number of esters is 2. The van der Waals surface area contributed by atoms with Gasteiger partial charge in [-0.3, -0.25) is 9.59 Å². The minimum absolute atomic E-state index is 0.134. The molecule has 0 aromatic heterocycles. The Morgan fingerprint density at radius 3 is 0.808 bits per heavy atom. The second kappa shape index (κ2) is 77.6. The lowest BCUT2D eigenvalue weighted by Crippen LogP contribution is -2.44. The molecule has 0 spiro atoms. The van der Waals surface area contributed by atoms with Gasteiger partial charge in [0, 0.05) is 12.8 Å². The van der Waals surface area contributed by atoms with E-state index in [4.69, 9.17) is 18.9 Å². The summed E-state index contributed by atoms with van der Waals surface area (Å²) >= 11 is 0. The van der Waals surface area contributed by atoms with Crippen molar-refractivity contribution >= 4 is 17.9 Å².